The summed E-state index contributed by atoms with van der Waals surface area (Å²) in [5.74, 6) is 0.319. The minimum Gasteiger partial charge on any atom is -0.348 e. The first-order valence-corrected chi connectivity index (χ1v) is 5.91. The summed E-state index contributed by atoms with van der Waals surface area (Å²) in [4.78, 5) is 13.5. The first-order chi connectivity index (χ1) is 7.43. The van der Waals surface area contributed by atoms with E-state index in [0.717, 1.165) is 0 Å². The zero-order valence-corrected chi connectivity index (χ0v) is 11.0. The molecule has 1 aromatic heterocycles. The van der Waals surface area contributed by atoms with Gasteiger partial charge >= 0.3 is 0 Å². The van der Waals surface area contributed by atoms with Crippen molar-refractivity contribution in [1.29, 1.82) is 0 Å². The van der Waals surface area contributed by atoms with Crippen LogP contribution >= 0.6 is 11.8 Å². The number of hydrogen-bond acceptors (Lipinski definition) is 5. The molecule has 0 spiro atoms. The molecule has 0 aliphatic heterocycles. The molecule has 1 amide bonds. The predicted octanol–water partition coefficient (Wildman–Crippen LogP) is 0.415. The van der Waals surface area contributed by atoms with E-state index in [4.69, 9.17) is 0 Å². The number of tetrazole rings is 1. The molecule has 7 heteroatoms. The Morgan fingerprint density at radius 2 is 2.06 bits per heavy atom. The number of thioether (sulfide) groups is 1. The van der Waals surface area contributed by atoms with Gasteiger partial charge in [0.1, 0.15) is 0 Å². The molecule has 0 aromatic carbocycles. The molecule has 0 radical (unpaired) electrons. The van der Waals surface area contributed by atoms with Crippen LogP contribution in [0.15, 0.2) is 5.16 Å². The molecular formula is C9H17N5OS. The topological polar surface area (TPSA) is 63.9 Å². The molecule has 16 heavy (non-hydrogen) atoms. The van der Waals surface area contributed by atoms with Crippen LogP contribution in [0.4, 0.5) is 0 Å². The van der Waals surface area contributed by atoms with Crippen LogP contribution in [0.2, 0.25) is 0 Å². The van der Waals surface area contributed by atoms with Crippen molar-refractivity contribution in [1.82, 2.24) is 25.1 Å². The van der Waals surface area contributed by atoms with Crippen LogP contribution in [-0.4, -0.2) is 50.4 Å². The van der Waals surface area contributed by atoms with E-state index in [2.05, 4.69) is 15.5 Å². The number of amides is 1. The minimum atomic E-state index is -0.153. The van der Waals surface area contributed by atoms with Crippen molar-refractivity contribution in [2.24, 2.45) is 13.0 Å². The van der Waals surface area contributed by atoms with Gasteiger partial charge in [0.15, 0.2) is 0 Å². The Morgan fingerprint density at radius 3 is 2.44 bits per heavy atom. The van der Waals surface area contributed by atoms with E-state index in [-0.39, 0.29) is 17.1 Å². The van der Waals surface area contributed by atoms with E-state index in [1.165, 1.54) is 11.8 Å². The van der Waals surface area contributed by atoms with Crippen LogP contribution in [0.25, 0.3) is 0 Å². The Kier molecular flexibility index (Phi) is 4.28. The Bertz CT molecular complexity index is 363. The number of aromatic nitrogens is 4. The zero-order chi connectivity index (χ0) is 12.3. The molecular weight excluding hydrogens is 226 g/mol. The third-order valence-corrected chi connectivity index (χ3v) is 3.66. The summed E-state index contributed by atoms with van der Waals surface area (Å²) in [5.41, 5.74) is 0. The van der Waals surface area contributed by atoms with E-state index < -0.39 is 0 Å². The fourth-order valence-corrected chi connectivity index (χ4v) is 2.24. The van der Waals surface area contributed by atoms with Crippen molar-refractivity contribution >= 4 is 17.7 Å². The summed E-state index contributed by atoms with van der Waals surface area (Å²) in [6.07, 6.45) is 0. The van der Waals surface area contributed by atoms with Gasteiger partial charge in [-0.2, -0.15) is 0 Å². The van der Waals surface area contributed by atoms with Crippen molar-refractivity contribution in [3.8, 4) is 0 Å². The van der Waals surface area contributed by atoms with Crippen molar-refractivity contribution in [3.05, 3.63) is 0 Å². The fraction of sp³-hybridized carbons (Fsp3) is 0.778. The van der Waals surface area contributed by atoms with Crippen LogP contribution in [0, 0.1) is 5.92 Å². The van der Waals surface area contributed by atoms with Crippen molar-refractivity contribution in [2.75, 3.05) is 14.1 Å². The van der Waals surface area contributed by atoms with Gasteiger partial charge in [0, 0.05) is 21.1 Å². The monoisotopic (exact) mass is 243 g/mol. The average Bonchev–Trinajstić information content (AvgIpc) is 2.59. The van der Waals surface area contributed by atoms with Gasteiger partial charge in [0.05, 0.1) is 5.25 Å². The Balaban J connectivity index is 2.81. The second kappa shape index (κ2) is 5.29. The van der Waals surface area contributed by atoms with Gasteiger partial charge in [-0.25, -0.2) is 4.68 Å². The second-order valence-corrected chi connectivity index (χ2v) is 5.21. The summed E-state index contributed by atoms with van der Waals surface area (Å²) >= 11 is 1.40. The lowest BCUT2D eigenvalue weighted by Gasteiger charge is -2.22. The number of aryl methyl sites for hydroxylation is 1. The van der Waals surface area contributed by atoms with Crippen molar-refractivity contribution in [2.45, 2.75) is 24.3 Å². The molecule has 1 rings (SSSR count). The highest BCUT2D eigenvalue weighted by molar-refractivity contribution is 8.00. The third-order valence-electron chi connectivity index (χ3n) is 2.10. The first-order valence-electron chi connectivity index (χ1n) is 5.03. The molecule has 1 unspecified atom stereocenters. The Labute approximate surface area is 99.4 Å². The van der Waals surface area contributed by atoms with Crippen molar-refractivity contribution < 1.29 is 4.79 Å². The smallest absolute Gasteiger partial charge is 0.235 e. The molecule has 0 fully saturated rings. The van der Waals surface area contributed by atoms with Crippen LogP contribution in [0.1, 0.15) is 13.8 Å². The summed E-state index contributed by atoms with van der Waals surface area (Å²) < 4.78 is 1.57. The second-order valence-electron chi connectivity index (χ2n) is 4.10. The molecule has 0 saturated carbocycles. The third kappa shape index (κ3) is 2.94. The van der Waals surface area contributed by atoms with Gasteiger partial charge in [-0.3, -0.25) is 4.79 Å². The maximum atomic E-state index is 11.9. The van der Waals surface area contributed by atoms with E-state index >= 15 is 0 Å². The molecule has 1 heterocycles. The maximum absolute atomic E-state index is 11.9. The van der Waals surface area contributed by atoms with E-state index in [0.29, 0.717) is 5.16 Å². The SMILES string of the molecule is CC(C)C(Sc1nnnn1C)C(=O)N(C)C. The highest BCUT2D eigenvalue weighted by atomic mass is 32.2. The van der Waals surface area contributed by atoms with Gasteiger partial charge in [0.2, 0.25) is 11.1 Å². The number of hydrogen-bond donors (Lipinski definition) is 0. The molecule has 0 aliphatic rings. The van der Waals surface area contributed by atoms with E-state index in [1.54, 1.807) is 30.7 Å². The highest BCUT2D eigenvalue weighted by Gasteiger charge is 2.26. The number of nitrogens with zero attached hydrogens (tertiary/aromatic N) is 5. The van der Waals surface area contributed by atoms with Gasteiger partial charge in [-0.1, -0.05) is 25.6 Å². The highest BCUT2D eigenvalue weighted by Crippen LogP contribution is 2.26. The van der Waals surface area contributed by atoms with E-state index in [1.807, 2.05) is 13.8 Å². The maximum Gasteiger partial charge on any atom is 0.235 e. The average molecular weight is 243 g/mol. The van der Waals surface area contributed by atoms with Gasteiger partial charge < -0.3 is 4.90 Å². The lowest BCUT2D eigenvalue weighted by molar-refractivity contribution is -0.128. The van der Waals surface area contributed by atoms with Crippen LogP contribution in [0.3, 0.4) is 0 Å². The standard InChI is InChI=1S/C9H17N5OS/c1-6(2)7(8(15)13(3)4)16-9-10-11-12-14(9)5/h6-7H,1-5H3. The summed E-state index contributed by atoms with van der Waals surface area (Å²) in [5, 5.41) is 11.7. The zero-order valence-electron chi connectivity index (χ0n) is 10.2. The molecule has 1 atom stereocenters. The Hall–Kier alpha value is -1.11. The summed E-state index contributed by atoms with van der Waals surface area (Å²) in [7, 11) is 5.28. The first kappa shape index (κ1) is 13.0. The van der Waals surface area contributed by atoms with Crippen LogP contribution in [-0.2, 0) is 11.8 Å². The lowest BCUT2D eigenvalue weighted by Crippen LogP contribution is -2.35. The molecule has 1 aromatic rings. The largest absolute Gasteiger partial charge is 0.348 e. The quantitative estimate of drug-likeness (QED) is 0.717. The van der Waals surface area contributed by atoms with Crippen LogP contribution in [0.5, 0.6) is 0 Å². The van der Waals surface area contributed by atoms with E-state index in [9.17, 15) is 4.79 Å². The fourth-order valence-electron chi connectivity index (χ4n) is 1.16. The number of carbonyl (C=O) groups is 1. The van der Waals surface area contributed by atoms with Gasteiger partial charge in [-0.05, 0) is 16.3 Å². The summed E-state index contributed by atoms with van der Waals surface area (Å²) in [6.45, 7) is 4.03. The molecule has 6 nitrogen and oxygen atoms in total. The van der Waals surface area contributed by atoms with Gasteiger partial charge in [0.25, 0.3) is 0 Å². The minimum absolute atomic E-state index is 0.0861. The molecule has 0 aliphatic carbocycles. The van der Waals surface area contributed by atoms with Crippen molar-refractivity contribution in [3.63, 3.8) is 0 Å². The molecule has 0 saturated heterocycles. The predicted molar refractivity (Wildman–Crippen MR) is 62.0 cm³/mol. The molecule has 0 bridgehead atoms. The van der Waals surface area contributed by atoms with Gasteiger partial charge in [-0.15, -0.1) is 5.10 Å². The number of carbonyl (C=O) groups excluding carboxylic acids is 1. The molecule has 0 N–H and O–H groups in total. The molecule has 90 valence electrons. The lowest BCUT2D eigenvalue weighted by atomic mass is 10.1. The Morgan fingerprint density at radius 1 is 1.44 bits per heavy atom. The number of rotatable bonds is 4. The van der Waals surface area contributed by atoms with Crippen LogP contribution < -0.4 is 0 Å². The normalized spacial score (nSPS) is 12.9. The summed E-state index contributed by atoms with van der Waals surface area (Å²) in [6, 6.07) is 0.